The van der Waals surface area contributed by atoms with Gasteiger partial charge in [-0.05, 0) is 43.2 Å². The molecule has 25 heavy (non-hydrogen) atoms. The fourth-order valence-electron chi connectivity index (χ4n) is 2.46. The van der Waals surface area contributed by atoms with Gasteiger partial charge in [0.2, 0.25) is 0 Å². The summed E-state index contributed by atoms with van der Waals surface area (Å²) in [6.45, 7) is 1.47. The number of carbonyl (C=O) groups is 1. The van der Waals surface area contributed by atoms with Crippen LogP contribution in [0.15, 0.2) is 59.5 Å². The molecule has 0 bridgehead atoms. The highest BCUT2D eigenvalue weighted by atomic mass is 32.2. The van der Waals surface area contributed by atoms with E-state index in [4.69, 9.17) is 0 Å². The molecule has 0 aliphatic rings. The smallest absolute Gasteiger partial charge is 0.251 e. The van der Waals surface area contributed by atoms with E-state index in [0.29, 0.717) is 12.1 Å². The van der Waals surface area contributed by atoms with E-state index in [0.717, 1.165) is 25.6 Å². The van der Waals surface area contributed by atoms with Gasteiger partial charge < -0.3 is 10.2 Å². The molecule has 0 radical (unpaired) electrons. The molecule has 0 atom stereocenters. The third-order valence-electron chi connectivity index (χ3n) is 3.93. The summed E-state index contributed by atoms with van der Waals surface area (Å²) < 4.78 is 23.1. The second-order valence-corrected chi connectivity index (χ2v) is 8.04. The van der Waals surface area contributed by atoms with Crippen LogP contribution in [0.1, 0.15) is 23.2 Å². The monoisotopic (exact) mass is 360 g/mol. The Morgan fingerprint density at radius 1 is 1.04 bits per heavy atom. The van der Waals surface area contributed by atoms with Crippen molar-refractivity contribution in [3.63, 3.8) is 0 Å². The first-order valence-corrected chi connectivity index (χ1v) is 10.1. The summed E-state index contributed by atoms with van der Waals surface area (Å²) in [4.78, 5) is 14.5. The number of hydrogen-bond donors (Lipinski definition) is 1. The molecule has 0 saturated heterocycles. The number of rotatable bonds is 8. The molecule has 0 unspecified atom stereocenters. The summed E-state index contributed by atoms with van der Waals surface area (Å²) in [5.41, 5.74) is 1.54. The number of sulfone groups is 1. The number of unbranched alkanes of at least 4 members (excludes halogenated alkanes) is 1. The number of anilines is 1. The quantitative estimate of drug-likeness (QED) is 0.735. The Labute approximate surface area is 149 Å². The van der Waals surface area contributed by atoms with Gasteiger partial charge in [0.15, 0.2) is 9.84 Å². The molecule has 0 aromatic heterocycles. The highest BCUT2D eigenvalue weighted by molar-refractivity contribution is 7.90. The number of hydrogen-bond acceptors (Lipinski definition) is 4. The van der Waals surface area contributed by atoms with Gasteiger partial charge in [0.25, 0.3) is 5.91 Å². The van der Waals surface area contributed by atoms with Crippen molar-refractivity contribution in [3.8, 4) is 0 Å². The lowest BCUT2D eigenvalue weighted by atomic mass is 10.2. The Morgan fingerprint density at radius 3 is 2.44 bits per heavy atom. The van der Waals surface area contributed by atoms with E-state index < -0.39 is 9.84 Å². The van der Waals surface area contributed by atoms with Crippen LogP contribution in [0, 0.1) is 0 Å². The van der Waals surface area contributed by atoms with Gasteiger partial charge in [0, 0.05) is 37.6 Å². The third kappa shape index (κ3) is 5.90. The average molecular weight is 360 g/mol. The summed E-state index contributed by atoms with van der Waals surface area (Å²) in [5, 5.41) is 2.84. The lowest BCUT2D eigenvalue weighted by molar-refractivity contribution is 0.0953. The van der Waals surface area contributed by atoms with Crippen LogP contribution in [0.4, 0.5) is 5.69 Å². The van der Waals surface area contributed by atoms with Crippen LogP contribution < -0.4 is 10.2 Å². The number of benzene rings is 2. The fraction of sp³-hybridized carbons (Fsp3) is 0.316. The minimum Gasteiger partial charge on any atom is -0.375 e. The average Bonchev–Trinajstić information content (AvgIpc) is 2.61. The molecule has 0 saturated carbocycles. The Morgan fingerprint density at radius 2 is 1.76 bits per heavy atom. The molecular weight excluding hydrogens is 336 g/mol. The molecule has 0 aliphatic heterocycles. The molecule has 2 aromatic carbocycles. The van der Waals surface area contributed by atoms with E-state index in [9.17, 15) is 13.2 Å². The van der Waals surface area contributed by atoms with Crippen molar-refractivity contribution in [2.45, 2.75) is 17.7 Å². The van der Waals surface area contributed by atoms with E-state index in [1.54, 1.807) is 12.1 Å². The SMILES string of the molecule is CN(CCCCNC(=O)c1cccc(S(C)(=O)=O)c1)c1ccccc1. The molecule has 1 amide bonds. The predicted molar refractivity (Wildman–Crippen MR) is 101 cm³/mol. The van der Waals surface area contributed by atoms with Gasteiger partial charge in [-0.1, -0.05) is 24.3 Å². The molecule has 1 N–H and O–H groups in total. The topological polar surface area (TPSA) is 66.5 Å². The Hall–Kier alpha value is -2.34. The van der Waals surface area contributed by atoms with Crippen molar-refractivity contribution < 1.29 is 13.2 Å². The first kappa shape index (κ1) is 19.0. The molecule has 2 aromatic rings. The molecule has 2 rings (SSSR count). The summed E-state index contributed by atoms with van der Waals surface area (Å²) in [6, 6.07) is 16.2. The molecule has 134 valence electrons. The molecule has 0 heterocycles. The lowest BCUT2D eigenvalue weighted by Gasteiger charge is -2.19. The van der Waals surface area contributed by atoms with Gasteiger partial charge in [0.05, 0.1) is 4.90 Å². The molecule has 0 spiro atoms. The molecule has 0 fully saturated rings. The van der Waals surface area contributed by atoms with Crippen LogP contribution in [0.3, 0.4) is 0 Å². The Kier molecular flexibility index (Phi) is 6.58. The maximum atomic E-state index is 12.1. The van der Waals surface area contributed by atoms with Crippen molar-refractivity contribution in [2.24, 2.45) is 0 Å². The number of para-hydroxylation sites is 1. The van der Waals surface area contributed by atoms with Gasteiger partial charge in [-0.25, -0.2) is 8.42 Å². The third-order valence-corrected chi connectivity index (χ3v) is 5.04. The van der Waals surface area contributed by atoms with Gasteiger partial charge in [0.1, 0.15) is 0 Å². The number of nitrogens with one attached hydrogen (secondary N) is 1. The summed E-state index contributed by atoms with van der Waals surface area (Å²) in [5.74, 6) is -0.248. The Bertz CT molecular complexity index is 804. The van der Waals surface area contributed by atoms with Gasteiger partial charge in [-0.3, -0.25) is 4.79 Å². The molecular formula is C19H24N2O3S. The maximum Gasteiger partial charge on any atom is 0.251 e. The molecule has 6 heteroatoms. The predicted octanol–water partition coefficient (Wildman–Crippen LogP) is 2.74. The largest absolute Gasteiger partial charge is 0.375 e. The highest BCUT2D eigenvalue weighted by Crippen LogP contribution is 2.12. The fourth-order valence-corrected chi connectivity index (χ4v) is 3.12. The molecule has 0 aliphatic carbocycles. The van der Waals surface area contributed by atoms with E-state index in [1.807, 2.05) is 25.2 Å². The van der Waals surface area contributed by atoms with Crippen molar-refractivity contribution in [3.05, 3.63) is 60.2 Å². The van der Waals surface area contributed by atoms with Crippen LogP contribution >= 0.6 is 0 Å². The first-order chi connectivity index (χ1) is 11.9. The van der Waals surface area contributed by atoms with Crippen LogP contribution in [0.2, 0.25) is 0 Å². The van der Waals surface area contributed by atoms with Crippen LogP contribution in [-0.4, -0.2) is 40.7 Å². The van der Waals surface area contributed by atoms with E-state index in [1.165, 1.54) is 17.8 Å². The Balaban J connectivity index is 1.76. The van der Waals surface area contributed by atoms with Gasteiger partial charge in [-0.15, -0.1) is 0 Å². The number of nitrogens with zero attached hydrogens (tertiary/aromatic N) is 1. The molecule has 5 nitrogen and oxygen atoms in total. The first-order valence-electron chi connectivity index (χ1n) is 8.22. The van der Waals surface area contributed by atoms with Crippen molar-refractivity contribution in [1.29, 1.82) is 0 Å². The van der Waals surface area contributed by atoms with Gasteiger partial charge >= 0.3 is 0 Å². The van der Waals surface area contributed by atoms with E-state index in [2.05, 4.69) is 22.3 Å². The minimum absolute atomic E-state index is 0.157. The van der Waals surface area contributed by atoms with Crippen molar-refractivity contribution in [1.82, 2.24) is 5.32 Å². The van der Waals surface area contributed by atoms with Crippen LogP contribution in [-0.2, 0) is 9.84 Å². The van der Waals surface area contributed by atoms with E-state index >= 15 is 0 Å². The van der Waals surface area contributed by atoms with Crippen molar-refractivity contribution >= 4 is 21.4 Å². The zero-order chi connectivity index (χ0) is 18.3. The van der Waals surface area contributed by atoms with Crippen LogP contribution in [0.25, 0.3) is 0 Å². The van der Waals surface area contributed by atoms with Gasteiger partial charge in [-0.2, -0.15) is 0 Å². The normalized spacial score (nSPS) is 11.1. The number of amides is 1. The zero-order valence-corrected chi connectivity index (χ0v) is 15.4. The minimum atomic E-state index is -3.31. The number of carbonyl (C=O) groups excluding carboxylic acids is 1. The van der Waals surface area contributed by atoms with Crippen molar-refractivity contribution in [2.75, 3.05) is 31.3 Å². The standard InChI is InChI=1S/C19H24N2O3S/c1-21(17-10-4-3-5-11-17)14-7-6-13-20-19(22)16-9-8-12-18(15-16)25(2,23)24/h3-5,8-12,15H,6-7,13-14H2,1-2H3,(H,20,22). The lowest BCUT2D eigenvalue weighted by Crippen LogP contribution is -2.26. The van der Waals surface area contributed by atoms with Crippen LogP contribution in [0.5, 0.6) is 0 Å². The second-order valence-electron chi connectivity index (χ2n) is 6.02. The summed E-state index contributed by atoms with van der Waals surface area (Å²) in [7, 11) is -1.26. The maximum absolute atomic E-state index is 12.1. The summed E-state index contributed by atoms with van der Waals surface area (Å²) in [6.07, 6.45) is 2.94. The zero-order valence-electron chi connectivity index (χ0n) is 14.6. The summed E-state index contributed by atoms with van der Waals surface area (Å²) >= 11 is 0. The second kappa shape index (κ2) is 8.67. The van der Waals surface area contributed by atoms with E-state index in [-0.39, 0.29) is 10.8 Å². The highest BCUT2D eigenvalue weighted by Gasteiger charge is 2.11.